The van der Waals surface area contributed by atoms with Crippen LogP contribution in [-0.4, -0.2) is 39.3 Å². The van der Waals surface area contributed by atoms with E-state index in [1.807, 2.05) is 19.1 Å². The number of H-pyrrole nitrogens is 1. The van der Waals surface area contributed by atoms with Gasteiger partial charge in [-0.05, 0) is 44.2 Å². The van der Waals surface area contributed by atoms with Crippen LogP contribution in [0.1, 0.15) is 38.3 Å². The lowest BCUT2D eigenvalue weighted by atomic mass is 10.2. The van der Waals surface area contributed by atoms with E-state index in [4.69, 9.17) is 5.11 Å². The molecule has 1 fully saturated rings. The molecule has 1 aliphatic rings. The lowest BCUT2D eigenvalue weighted by Crippen LogP contribution is -2.27. The van der Waals surface area contributed by atoms with E-state index in [-0.39, 0.29) is 12.2 Å². The summed E-state index contributed by atoms with van der Waals surface area (Å²) < 4.78 is 0. The number of aryl methyl sites for hydroxylation is 1. The topological polar surface area (TPSA) is 82.1 Å². The van der Waals surface area contributed by atoms with Crippen LogP contribution >= 0.6 is 0 Å². The van der Waals surface area contributed by atoms with Gasteiger partial charge in [0.05, 0.1) is 0 Å². The molecular weight excluding hydrogens is 304 g/mol. The van der Waals surface area contributed by atoms with Crippen LogP contribution in [0, 0.1) is 0 Å². The third-order valence-electron chi connectivity index (χ3n) is 4.27. The highest BCUT2D eigenvalue weighted by atomic mass is 16.2. The molecule has 2 heterocycles. The first-order valence-electron chi connectivity index (χ1n) is 8.65. The summed E-state index contributed by atoms with van der Waals surface area (Å²) in [6, 6.07) is 6.05. The number of aromatic nitrogens is 3. The summed E-state index contributed by atoms with van der Waals surface area (Å²) >= 11 is 0. The van der Waals surface area contributed by atoms with Gasteiger partial charge in [-0.1, -0.05) is 6.92 Å². The summed E-state index contributed by atoms with van der Waals surface area (Å²) in [5.41, 5.74) is 1.46. The van der Waals surface area contributed by atoms with Gasteiger partial charge >= 0.3 is 0 Å². The minimum Gasteiger partial charge on any atom is -0.396 e. The highest BCUT2D eigenvalue weighted by molar-refractivity contribution is 5.56. The van der Waals surface area contributed by atoms with Crippen molar-refractivity contribution in [1.29, 1.82) is 0 Å². The maximum Gasteiger partial charge on any atom is 0.251 e. The van der Waals surface area contributed by atoms with E-state index in [1.54, 1.807) is 6.20 Å². The quantitative estimate of drug-likeness (QED) is 0.726. The number of hydrogen-bond donors (Lipinski definition) is 2. The first kappa shape index (κ1) is 16.6. The molecule has 1 aliphatic carbocycles. The number of aliphatic hydroxyl groups is 1. The molecule has 0 saturated heterocycles. The number of nitrogens with one attached hydrogen (secondary N) is 1. The molecule has 2 aromatic heterocycles. The first-order valence-corrected chi connectivity index (χ1v) is 8.65. The van der Waals surface area contributed by atoms with Gasteiger partial charge in [0.2, 0.25) is 0 Å². The molecule has 2 N–H and O–H groups in total. The maximum absolute atomic E-state index is 11.7. The van der Waals surface area contributed by atoms with E-state index in [0.29, 0.717) is 11.9 Å². The monoisotopic (exact) mass is 328 g/mol. The fraction of sp³-hybridized carbons (Fsp3) is 0.500. The molecule has 0 radical (unpaired) electrons. The van der Waals surface area contributed by atoms with Crippen LogP contribution in [0.5, 0.6) is 0 Å². The Hall–Kier alpha value is -2.21. The third-order valence-corrected chi connectivity index (χ3v) is 4.27. The van der Waals surface area contributed by atoms with Gasteiger partial charge in [0, 0.05) is 42.7 Å². The molecular formula is C18H24N4O2. The molecule has 6 heteroatoms. The maximum atomic E-state index is 11.7. The number of nitrogens with zero attached hydrogens (tertiary/aromatic N) is 3. The molecule has 0 bridgehead atoms. The molecule has 0 spiro atoms. The summed E-state index contributed by atoms with van der Waals surface area (Å²) in [6.07, 6.45) is 6.68. The summed E-state index contributed by atoms with van der Waals surface area (Å²) in [6.45, 7) is 3.13. The normalized spacial score (nSPS) is 13.9. The Labute approximate surface area is 141 Å². The van der Waals surface area contributed by atoms with Crippen molar-refractivity contribution < 1.29 is 5.11 Å². The first-order chi connectivity index (χ1) is 11.7. The molecule has 6 nitrogen and oxygen atoms in total. The predicted molar refractivity (Wildman–Crippen MR) is 94.2 cm³/mol. The van der Waals surface area contributed by atoms with E-state index in [2.05, 4.69) is 19.9 Å². The van der Waals surface area contributed by atoms with Crippen molar-refractivity contribution in [2.75, 3.05) is 18.1 Å². The highest BCUT2D eigenvalue weighted by Crippen LogP contribution is 2.31. The molecule has 0 aliphatic heterocycles. The number of unbranched alkanes of at least 4 members (excludes halogenated alkanes) is 1. The second-order valence-corrected chi connectivity index (χ2v) is 6.20. The molecule has 2 aromatic rings. The molecule has 3 rings (SSSR count). The Morgan fingerprint density at radius 2 is 2.17 bits per heavy atom. The predicted octanol–water partition coefficient (Wildman–Crippen LogP) is 2.14. The fourth-order valence-corrected chi connectivity index (χ4v) is 2.79. The Bertz CT molecular complexity index is 723. The second kappa shape index (κ2) is 7.57. The number of aromatic amines is 1. The van der Waals surface area contributed by atoms with Crippen LogP contribution in [0.15, 0.2) is 29.2 Å². The number of aliphatic hydroxyl groups excluding tert-OH is 1. The highest BCUT2D eigenvalue weighted by Gasteiger charge is 2.29. The van der Waals surface area contributed by atoms with Crippen LogP contribution in [0.3, 0.4) is 0 Å². The van der Waals surface area contributed by atoms with Crippen LogP contribution in [0.25, 0.3) is 11.4 Å². The average Bonchev–Trinajstić information content (AvgIpc) is 3.43. The van der Waals surface area contributed by atoms with Crippen molar-refractivity contribution in [2.24, 2.45) is 0 Å². The lowest BCUT2D eigenvalue weighted by Gasteiger charge is -2.23. The van der Waals surface area contributed by atoms with Crippen LogP contribution in [0.2, 0.25) is 0 Å². The number of hydrogen-bond acceptors (Lipinski definition) is 5. The molecule has 0 atom stereocenters. The zero-order valence-electron chi connectivity index (χ0n) is 14.0. The second-order valence-electron chi connectivity index (χ2n) is 6.20. The van der Waals surface area contributed by atoms with Gasteiger partial charge in [-0.2, -0.15) is 0 Å². The van der Waals surface area contributed by atoms with Gasteiger partial charge in [-0.3, -0.25) is 4.79 Å². The number of rotatable bonds is 8. The van der Waals surface area contributed by atoms with Crippen molar-refractivity contribution in [3.8, 4) is 11.4 Å². The molecule has 0 unspecified atom stereocenters. The minimum absolute atomic E-state index is 0.135. The Balaban J connectivity index is 1.79. The fourth-order valence-electron chi connectivity index (χ4n) is 2.79. The van der Waals surface area contributed by atoms with Crippen molar-refractivity contribution in [3.05, 3.63) is 40.4 Å². The van der Waals surface area contributed by atoms with E-state index in [1.165, 1.54) is 18.9 Å². The van der Waals surface area contributed by atoms with Gasteiger partial charge in [-0.25, -0.2) is 9.97 Å². The van der Waals surface area contributed by atoms with E-state index < -0.39 is 0 Å². The largest absolute Gasteiger partial charge is 0.396 e. The van der Waals surface area contributed by atoms with Crippen molar-refractivity contribution in [1.82, 2.24) is 15.0 Å². The summed E-state index contributed by atoms with van der Waals surface area (Å²) in [4.78, 5) is 25.9. The summed E-state index contributed by atoms with van der Waals surface area (Å²) in [5, 5.41) is 8.96. The van der Waals surface area contributed by atoms with E-state index in [9.17, 15) is 4.79 Å². The van der Waals surface area contributed by atoms with Crippen LogP contribution in [0.4, 0.5) is 5.82 Å². The summed E-state index contributed by atoms with van der Waals surface area (Å²) in [7, 11) is 0. The van der Waals surface area contributed by atoms with Crippen molar-refractivity contribution in [2.45, 2.75) is 45.1 Å². The minimum atomic E-state index is -0.135. The number of anilines is 1. The van der Waals surface area contributed by atoms with Gasteiger partial charge in [0.1, 0.15) is 11.6 Å². The smallest absolute Gasteiger partial charge is 0.251 e. The molecule has 128 valence electrons. The van der Waals surface area contributed by atoms with Gasteiger partial charge in [-0.15, -0.1) is 0 Å². The van der Waals surface area contributed by atoms with Gasteiger partial charge in [0.25, 0.3) is 5.56 Å². The van der Waals surface area contributed by atoms with Gasteiger partial charge in [0.15, 0.2) is 0 Å². The molecule has 24 heavy (non-hydrogen) atoms. The Morgan fingerprint density at radius 3 is 2.79 bits per heavy atom. The van der Waals surface area contributed by atoms with Crippen LogP contribution in [-0.2, 0) is 6.42 Å². The lowest BCUT2D eigenvalue weighted by molar-refractivity contribution is 0.285. The average molecular weight is 328 g/mol. The third kappa shape index (κ3) is 4.00. The van der Waals surface area contributed by atoms with Crippen molar-refractivity contribution in [3.63, 3.8) is 0 Å². The Morgan fingerprint density at radius 1 is 1.33 bits per heavy atom. The van der Waals surface area contributed by atoms with E-state index in [0.717, 1.165) is 42.9 Å². The Kier molecular flexibility index (Phi) is 5.25. The zero-order valence-corrected chi connectivity index (χ0v) is 14.0. The van der Waals surface area contributed by atoms with Crippen LogP contribution < -0.4 is 10.5 Å². The van der Waals surface area contributed by atoms with Gasteiger partial charge < -0.3 is 15.0 Å². The summed E-state index contributed by atoms with van der Waals surface area (Å²) in [5.74, 6) is 1.52. The molecule has 1 saturated carbocycles. The molecule has 0 aromatic carbocycles. The SMILES string of the molecule is CCc1cc(=O)[nH]c(-c2ccc(N(CCCCO)C3CC3)nc2)n1. The van der Waals surface area contributed by atoms with E-state index >= 15 is 0 Å². The standard InChI is InChI=1S/C18H24N4O2/c1-2-14-11-17(24)21-18(20-14)13-5-8-16(19-12-13)22(15-6-7-15)9-3-4-10-23/h5,8,11-12,15,23H,2-4,6-7,9-10H2,1H3,(H,20,21,24). The zero-order chi connectivity index (χ0) is 16.9. The molecule has 0 amide bonds. The number of pyridine rings is 1. The van der Waals surface area contributed by atoms with Crippen molar-refractivity contribution >= 4 is 5.82 Å².